The Morgan fingerprint density at radius 1 is 1.19 bits per heavy atom. The first kappa shape index (κ1) is 18.6. The quantitative estimate of drug-likeness (QED) is 0.818. The van der Waals surface area contributed by atoms with E-state index in [1.165, 1.54) is 24.3 Å². The maximum atomic E-state index is 13.0. The molecule has 0 aliphatic carbocycles. The zero-order valence-electron chi connectivity index (χ0n) is 14.5. The fourth-order valence-electron chi connectivity index (χ4n) is 3.08. The Balaban J connectivity index is 1.70. The molecule has 0 radical (unpaired) electrons. The topological polar surface area (TPSA) is 86.7 Å². The number of carboxylic acid groups (broad SMARTS) is 1. The van der Waals surface area contributed by atoms with Crippen molar-refractivity contribution in [3.05, 3.63) is 65.5 Å². The number of nitrogens with one attached hydrogen (secondary N) is 1. The molecule has 2 N–H and O–H groups in total. The van der Waals surface area contributed by atoms with Gasteiger partial charge in [-0.05, 0) is 42.3 Å². The normalized spacial score (nSPS) is 14.9. The third-order valence-corrected chi connectivity index (χ3v) is 4.53. The summed E-state index contributed by atoms with van der Waals surface area (Å²) in [5.41, 5.74) is 1.40. The summed E-state index contributed by atoms with van der Waals surface area (Å²) in [7, 11) is 0. The van der Waals surface area contributed by atoms with Crippen LogP contribution in [0.1, 0.15) is 34.7 Å². The number of carbonyl (C=O) groups excluding carboxylic acids is 2. The Hall–Kier alpha value is -3.22. The standard InChI is InChI=1S/C20H19FN2O4/c21-15-8-6-13(7-9-15)17(20(26)27)12-22-19(25)14-3-1-4-16(11-14)23-10-2-5-18(23)24/h1,3-4,6-9,11,17H,2,5,10,12H2,(H,22,25)(H,26,27). The number of hydrogen-bond donors (Lipinski definition) is 2. The first-order valence-corrected chi connectivity index (χ1v) is 8.62. The lowest BCUT2D eigenvalue weighted by molar-refractivity contribution is -0.138. The van der Waals surface area contributed by atoms with Crippen LogP contribution in [0.25, 0.3) is 0 Å². The summed E-state index contributed by atoms with van der Waals surface area (Å²) in [5, 5.41) is 12.0. The van der Waals surface area contributed by atoms with E-state index >= 15 is 0 Å². The number of aliphatic carboxylic acids is 1. The number of anilines is 1. The van der Waals surface area contributed by atoms with E-state index in [1.807, 2.05) is 0 Å². The Kier molecular flexibility index (Phi) is 5.49. The molecule has 0 bridgehead atoms. The zero-order valence-corrected chi connectivity index (χ0v) is 14.5. The fraction of sp³-hybridized carbons (Fsp3) is 0.250. The minimum atomic E-state index is -1.11. The first-order chi connectivity index (χ1) is 13.0. The number of amides is 2. The van der Waals surface area contributed by atoms with E-state index in [9.17, 15) is 23.9 Å². The third kappa shape index (κ3) is 4.31. The molecule has 0 saturated carbocycles. The molecule has 2 aromatic carbocycles. The molecule has 1 aliphatic heterocycles. The van der Waals surface area contributed by atoms with Crippen molar-refractivity contribution in [2.45, 2.75) is 18.8 Å². The van der Waals surface area contributed by atoms with Gasteiger partial charge in [-0.15, -0.1) is 0 Å². The van der Waals surface area contributed by atoms with Gasteiger partial charge in [0, 0.05) is 30.8 Å². The number of rotatable bonds is 6. The Morgan fingerprint density at radius 2 is 1.93 bits per heavy atom. The summed E-state index contributed by atoms with van der Waals surface area (Å²) in [5.74, 6) is -2.97. The van der Waals surface area contributed by atoms with Gasteiger partial charge in [0.15, 0.2) is 0 Å². The maximum Gasteiger partial charge on any atom is 0.312 e. The van der Waals surface area contributed by atoms with E-state index in [2.05, 4.69) is 5.32 Å². The molecule has 140 valence electrons. The molecule has 0 aromatic heterocycles. The Morgan fingerprint density at radius 3 is 2.56 bits per heavy atom. The lowest BCUT2D eigenvalue weighted by Gasteiger charge is -2.17. The molecule has 0 spiro atoms. The second-order valence-electron chi connectivity index (χ2n) is 6.35. The van der Waals surface area contributed by atoms with Gasteiger partial charge in [-0.1, -0.05) is 18.2 Å². The number of nitrogens with zero attached hydrogens (tertiary/aromatic N) is 1. The van der Waals surface area contributed by atoms with Crippen LogP contribution in [0.4, 0.5) is 10.1 Å². The number of halogens is 1. The minimum Gasteiger partial charge on any atom is -0.481 e. The van der Waals surface area contributed by atoms with Crippen molar-refractivity contribution in [3.8, 4) is 0 Å². The molecule has 2 amide bonds. The van der Waals surface area contributed by atoms with Crippen LogP contribution in [0.5, 0.6) is 0 Å². The van der Waals surface area contributed by atoms with E-state index in [0.717, 1.165) is 6.42 Å². The van der Waals surface area contributed by atoms with Crippen molar-refractivity contribution in [3.63, 3.8) is 0 Å². The minimum absolute atomic E-state index is 0.0230. The van der Waals surface area contributed by atoms with Crippen molar-refractivity contribution < 1.29 is 23.9 Å². The number of benzene rings is 2. The Labute approximate surface area is 155 Å². The molecule has 27 heavy (non-hydrogen) atoms. The van der Waals surface area contributed by atoms with E-state index in [0.29, 0.717) is 29.8 Å². The van der Waals surface area contributed by atoms with Crippen LogP contribution in [0, 0.1) is 5.82 Å². The first-order valence-electron chi connectivity index (χ1n) is 8.62. The Bertz CT molecular complexity index is 867. The molecular formula is C20H19FN2O4. The molecule has 1 aliphatic rings. The average molecular weight is 370 g/mol. The SMILES string of the molecule is O=C(NCC(C(=O)O)c1ccc(F)cc1)c1cccc(N2CCCC2=O)c1. The van der Waals surface area contributed by atoms with Crippen LogP contribution < -0.4 is 10.2 Å². The van der Waals surface area contributed by atoms with Gasteiger partial charge >= 0.3 is 5.97 Å². The number of hydrogen-bond acceptors (Lipinski definition) is 3. The zero-order chi connectivity index (χ0) is 19.4. The lowest BCUT2D eigenvalue weighted by Crippen LogP contribution is -2.32. The van der Waals surface area contributed by atoms with Crippen LogP contribution >= 0.6 is 0 Å². The van der Waals surface area contributed by atoms with Gasteiger partial charge in [0.1, 0.15) is 5.82 Å². The fourth-order valence-corrected chi connectivity index (χ4v) is 3.08. The highest BCUT2D eigenvalue weighted by Gasteiger charge is 2.23. The molecule has 1 saturated heterocycles. The predicted molar refractivity (Wildman–Crippen MR) is 97.1 cm³/mol. The smallest absolute Gasteiger partial charge is 0.312 e. The van der Waals surface area contributed by atoms with Crippen LogP contribution in [0.15, 0.2) is 48.5 Å². The van der Waals surface area contributed by atoms with E-state index in [-0.39, 0.29) is 12.5 Å². The van der Waals surface area contributed by atoms with E-state index < -0.39 is 23.6 Å². The second kappa shape index (κ2) is 7.99. The molecular weight excluding hydrogens is 351 g/mol. The van der Waals surface area contributed by atoms with Gasteiger partial charge in [-0.25, -0.2) is 4.39 Å². The summed E-state index contributed by atoms with van der Waals surface area (Å²) in [4.78, 5) is 37.4. The predicted octanol–water partition coefficient (Wildman–Crippen LogP) is 2.55. The molecule has 1 atom stereocenters. The molecule has 1 unspecified atom stereocenters. The van der Waals surface area contributed by atoms with Crippen LogP contribution in [0.2, 0.25) is 0 Å². The van der Waals surface area contributed by atoms with Crippen LogP contribution in [-0.2, 0) is 9.59 Å². The van der Waals surface area contributed by atoms with Gasteiger partial charge in [0.05, 0.1) is 5.92 Å². The van der Waals surface area contributed by atoms with Gasteiger partial charge in [-0.2, -0.15) is 0 Å². The molecule has 1 fully saturated rings. The molecule has 6 nitrogen and oxygen atoms in total. The van der Waals surface area contributed by atoms with Crippen LogP contribution in [0.3, 0.4) is 0 Å². The van der Waals surface area contributed by atoms with Crippen LogP contribution in [-0.4, -0.2) is 36.0 Å². The van der Waals surface area contributed by atoms with E-state index in [4.69, 9.17) is 0 Å². The summed E-state index contributed by atoms with van der Waals surface area (Å²) in [6.07, 6.45) is 1.28. The number of carbonyl (C=O) groups is 3. The van der Waals surface area contributed by atoms with E-state index in [1.54, 1.807) is 29.2 Å². The van der Waals surface area contributed by atoms with Crippen molar-refractivity contribution >= 4 is 23.5 Å². The molecule has 1 heterocycles. The average Bonchev–Trinajstić information content (AvgIpc) is 3.09. The molecule has 7 heteroatoms. The van der Waals surface area contributed by atoms with Crippen molar-refractivity contribution in [1.82, 2.24) is 5.32 Å². The second-order valence-corrected chi connectivity index (χ2v) is 6.35. The summed E-state index contributed by atoms with van der Waals surface area (Å²) < 4.78 is 13.0. The monoisotopic (exact) mass is 370 g/mol. The highest BCUT2D eigenvalue weighted by Crippen LogP contribution is 2.22. The van der Waals surface area contributed by atoms with Gasteiger partial charge in [0.2, 0.25) is 5.91 Å². The van der Waals surface area contributed by atoms with Gasteiger partial charge < -0.3 is 15.3 Å². The summed E-state index contributed by atoms with van der Waals surface area (Å²) >= 11 is 0. The summed E-state index contributed by atoms with van der Waals surface area (Å²) in [6, 6.07) is 11.8. The lowest BCUT2D eigenvalue weighted by atomic mass is 9.99. The number of carboxylic acids is 1. The largest absolute Gasteiger partial charge is 0.481 e. The van der Waals surface area contributed by atoms with Gasteiger partial charge in [0.25, 0.3) is 5.91 Å². The highest BCUT2D eigenvalue weighted by molar-refractivity contribution is 5.99. The van der Waals surface area contributed by atoms with Crippen molar-refractivity contribution in [2.75, 3.05) is 18.0 Å². The highest BCUT2D eigenvalue weighted by atomic mass is 19.1. The summed E-state index contributed by atoms with van der Waals surface area (Å²) in [6.45, 7) is 0.488. The third-order valence-electron chi connectivity index (χ3n) is 4.53. The van der Waals surface area contributed by atoms with Gasteiger partial charge in [-0.3, -0.25) is 14.4 Å². The molecule has 3 rings (SSSR count). The van der Waals surface area contributed by atoms with Crippen molar-refractivity contribution in [2.24, 2.45) is 0 Å². The van der Waals surface area contributed by atoms with Crippen molar-refractivity contribution in [1.29, 1.82) is 0 Å². The molecule has 2 aromatic rings. The maximum absolute atomic E-state index is 13.0.